The van der Waals surface area contributed by atoms with Gasteiger partial charge in [0.15, 0.2) is 0 Å². The third kappa shape index (κ3) is 3.77. The second-order valence-corrected chi connectivity index (χ2v) is 4.27. The van der Waals surface area contributed by atoms with Crippen LogP contribution < -0.4 is 5.32 Å². The Kier molecular flexibility index (Phi) is 4.07. The molecule has 1 heterocycles. The Morgan fingerprint density at radius 3 is 2.68 bits per heavy atom. The Labute approximate surface area is 111 Å². The Morgan fingerprint density at radius 2 is 2.05 bits per heavy atom. The molecule has 0 bridgehead atoms. The lowest BCUT2D eigenvalue weighted by molar-refractivity contribution is -0.137. The smallest absolute Gasteiger partial charge is 0.326 e. The van der Waals surface area contributed by atoms with Crippen molar-refractivity contribution in [3.8, 4) is 0 Å². The van der Waals surface area contributed by atoms with Crippen molar-refractivity contribution in [2.24, 2.45) is 0 Å². The van der Waals surface area contributed by atoms with Crippen LogP contribution in [0, 0.1) is 6.92 Å². The van der Waals surface area contributed by atoms with Crippen molar-refractivity contribution in [1.82, 2.24) is 9.97 Å². The highest BCUT2D eigenvalue weighted by molar-refractivity contribution is 5.77. The molecule has 1 aromatic heterocycles. The molecular formula is C14H15N3O2. The first-order valence-corrected chi connectivity index (χ1v) is 5.97. The van der Waals surface area contributed by atoms with Crippen LogP contribution in [-0.4, -0.2) is 27.1 Å². The summed E-state index contributed by atoms with van der Waals surface area (Å²) in [6.45, 7) is 1.83. The van der Waals surface area contributed by atoms with E-state index in [1.807, 2.05) is 37.3 Å². The second-order valence-electron chi connectivity index (χ2n) is 4.27. The zero-order valence-electron chi connectivity index (χ0n) is 10.6. The number of nitrogens with one attached hydrogen (secondary N) is 1. The minimum absolute atomic E-state index is 0.402. The molecule has 0 fully saturated rings. The number of rotatable bonds is 5. The average molecular weight is 257 g/mol. The van der Waals surface area contributed by atoms with E-state index < -0.39 is 12.0 Å². The molecule has 0 aliphatic heterocycles. The summed E-state index contributed by atoms with van der Waals surface area (Å²) in [4.78, 5) is 19.3. The largest absolute Gasteiger partial charge is 0.480 e. The van der Waals surface area contributed by atoms with Gasteiger partial charge in [-0.2, -0.15) is 0 Å². The lowest BCUT2D eigenvalue weighted by atomic mass is 10.1. The SMILES string of the molecule is Cc1cc(NC(Cc2ccccc2)C(=O)O)ncn1. The van der Waals surface area contributed by atoms with Crippen molar-refractivity contribution in [3.05, 3.63) is 54.0 Å². The molecule has 5 heteroatoms. The van der Waals surface area contributed by atoms with Gasteiger partial charge in [-0.3, -0.25) is 0 Å². The quantitative estimate of drug-likeness (QED) is 0.855. The molecule has 1 unspecified atom stereocenters. The second kappa shape index (κ2) is 5.95. The van der Waals surface area contributed by atoms with Gasteiger partial charge in [-0.25, -0.2) is 14.8 Å². The molecule has 2 aromatic rings. The Bertz CT molecular complexity index is 558. The van der Waals surface area contributed by atoms with Gasteiger partial charge in [-0.15, -0.1) is 0 Å². The highest BCUT2D eigenvalue weighted by Crippen LogP contribution is 2.10. The molecule has 0 aliphatic rings. The van der Waals surface area contributed by atoms with Gasteiger partial charge >= 0.3 is 5.97 Å². The fraction of sp³-hybridized carbons (Fsp3) is 0.214. The number of carboxylic acid groups (broad SMARTS) is 1. The zero-order valence-corrected chi connectivity index (χ0v) is 10.6. The maximum atomic E-state index is 11.3. The van der Waals surface area contributed by atoms with E-state index in [9.17, 15) is 9.90 Å². The fourth-order valence-electron chi connectivity index (χ4n) is 1.76. The molecule has 19 heavy (non-hydrogen) atoms. The molecule has 5 nitrogen and oxygen atoms in total. The standard InChI is InChI=1S/C14H15N3O2/c1-10-7-13(16-9-15-10)17-12(14(18)19)8-11-5-3-2-4-6-11/h2-7,9,12H,8H2,1H3,(H,18,19)(H,15,16,17). The van der Waals surface area contributed by atoms with Gasteiger partial charge in [-0.1, -0.05) is 30.3 Å². The maximum Gasteiger partial charge on any atom is 0.326 e. The average Bonchev–Trinajstić information content (AvgIpc) is 2.39. The predicted molar refractivity (Wildman–Crippen MR) is 72.0 cm³/mol. The summed E-state index contributed by atoms with van der Waals surface area (Å²) in [5, 5.41) is 12.2. The number of carbonyl (C=O) groups is 1. The molecule has 2 N–H and O–H groups in total. The van der Waals surface area contributed by atoms with Crippen LogP contribution in [0.2, 0.25) is 0 Å². The van der Waals surface area contributed by atoms with Crippen LogP contribution in [0.5, 0.6) is 0 Å². The van der Waals surface area contributed by atoms with Gasteiger partial charge in [0, 0.05) is 18.2 Å². The molecule has 2 rings (SSSR count). The van der Waals surface area contributed by atoms with Crippen molar-refractivity contribution in [3.63, 3.8) is 0 Å². The maximum absolute atomic E-state index is 11.3. The van der Waals surface area contributed by atoms with E-state index in [0.717, 1.165) is 11.3 Å². The van der Waals surface area contributed by atoms with Gasteiger partial charge in [0.1, 0.15) is 18.2 Å². The van der Waals surface area contributed by atoms with Gasteiger partial charge < -0.3 is 10.4 Å². The molecule has 0 saturated carbocycles. The minimum Gasteiger partial charge on any atom is -0.480 e. The Hall–Kier alpha value is -2.43. The van der Waals surface area contributed by atoms with Crippen LogP contribution in [0.3, 0.4) is 0 Å². The number of aliphatic carboxylic acids is 1. The topological polar surface area (TPSA) is 75.1 Å². The molecule has 0 radical (unpaired) electrons. The summed E-state index contributed by atoms with van der Waals surface area (Å²) in [6, 6.07) is 10.5. The van der Waals surface area contributed by atoms with Crippen molar-refractivity contribution < 1.29 is 9.90 Å². The molecule has 1 aromatic carbocycles. The first kappa shape index (κ1) is 13.0. The third-order valence-corrected chi connectivity index (χ3v) is 2.71. The van der Waals surface area contributed by atoms with Gasteiger partial charge in [-0.05, 0) is 12.5 Å². The number of nitrogens with zero attached hydrogens (tertiary/aromatic N) is 2. The predicted octanol–water partition coefficient (Wildman–Crippen LogP) is 1.89. The van der Waals surface area contributed by atoms with E-state index in [1.165, 1.54) is 6.33 Å². The zero-order chi connectivity index (χ0) is 13.7. The molecule has 1 atom stereocenters. The summed E-state index contributed by atoms with van der Waals surface area (Å²) in [7, 11) is 0. The highest BCUT2D eigenvalue weighted by Gasteiger charge is 2.18. The molecular weight excluding hydrogens is 242 g/mol. The van der Waals surface area contributed by atoms with Crippen molar-refractivity contribution >= 4 is 11.8 Å². The summed E-state index contributed by atoms with van der Waals surface area (Å²) in [6.07, 6.45) is 1.82. The van der Waals surface area contributed by atoms with Crippen molar-refractivity contribution in [2.45, 2.75) is 19.4 Å². The number of aromatic nitrogens is 2. The van der Waals surface area contributed by atoms with E-state index in [0.29, 0.717) is 12.2 Å². The molecule has 0 aliphatic carbocycles. The van der Waals surface area contributed by atoms with Crippen LogP contribution >= 0.6 is 0 Å². The number of benzene rings is 1. The number of hydrogen-bond acceptors (Lipinski definition) is 4. The summed E-state index contributed by atoms with van der Waals surface area (Å²) >= 11 is 0. The number of anilines is 1. The van der Waals surface area contributed by atoms with Gasteiger partial charge in [0.25, 0.3) is 0 Å². The highest BCUT2D eigenvalue weighted by atomic mass is 16.4. The van der Waals surface area contributed by atoms with Crippen molar-refractivity contribution in [2.75, 3.05) is 5.32 Å². The van der Waals surface area contributed by atoms with Crippen LogP contribution in [0.4, 0.5) is 5.82 Å². The summed E-state index contributed by atoms with van der Waals surface area (Å²) < 4.78 is 0. The van der Waals surface area contributed by atoms with E-state index >= 15 is 0 Å². The Morgan fingerprint density at radius 1 is 1.32 bits per heavy atom. The van der Waals surface area contributed by atoms with Crippen LogP contribution in [-0.2, 0) is 11.2 Å². The number of carboxylic acids is 1. The van der Waals surface area contributed by atoms with Crippen LogP contribution in [0.15, 0.2) is 42.7 Å². The lowest BCUT2D eigenvalue weighted by Gasteiger charge is -2.15. The molecule has 0 amide bonds. The van der Waals surface area contributed by atoms with Crippen molar-refractivity contribution in [1.29, 1.82) is 0 Å². The first-order chi connectivity index (χ1) is 9.15. The monoisotopic (exact) mass is 257 g/mol. The van der Waals surface area contributed by atoms with E-state index in [4.69, 9.17) is 0 Å². The third-order valence-electron chi connectivity index (χ3n) is 2.71. The summed E-state index contributed by atoms with van der Waals surface area (Å²) in [5.41, 5.74) is 1.76. The van der Waals surface area contributed by atoms with E-state index in [2.05, 4.69) is 15.3 Å². The van der Waals surface area contributed by atoms with E-state index in [1.54, 1.807) is 6.07 Å². The van der Waals surface area contributed by atoms with Crippen LogP contribution in [0.1, 0.15) is 11.3 Å². The lowest BCUT2D eigenvalue weighted by Crippen LogP contribution is -2.31. The summed E-state index contributed by atoms with van der Waals surface area (Å²) in [5.74, 6) is -0.379. The molecule has 98 valence electrons. The number of hydrogen-bond donors (Lipinski definition) is 2. The molecule has 0 spiro atoms. The normalized spacial score (nSPS) is 11.8. The number of aryl methyl sites for hydroxylation is 1. The Balaban J connectivity index is 2.11. The molecule has 0 saturated heterocycles. The van der Waals surface area contributed by atoms with Crippen LogP contribution in [0.25, 0.3) is 0 Å². The fourth-order valence-corrected chi connectivity index (χ4v) is 1.76. The van der Waals surface area contributed by atoms with E-state index in [-0.39, 0.29) is 0 Å². The minimum atomic E-state index is -0.903. The van der Waals surface area contributed by atoms with Gasteiger partial charge in [0.2, 0.25) is 0 Å². The first-order valence-electron chi connectivity index (χ1n) is 5.97. The van der Waals surface area contributed by atoms with Gasteiger partial charge in [0.05, 0.1) is 0 Å².